The van der Waals surface area contributed by atoms with E-state index in [0.29, 0.717) is 0 Å². The van der Waals surface area contributed by atoms with Gasteiger partial charge in [0.2, 0.25) is 0 Å². The highest BCUT2D eigenvalue weighted by atomic mass is 16.5. The van der Waals surface area contributed by atoms with Crippen LogP contribution >= 0.6 is 0 Å². The molecule has 1 heterocycles. The summed E-state index contributed by atoms with van der Waals surface area (Å²) in [5.41, 5.74) is 15.7. The van der Waals surface area contributed by atoms with Crippen molar-refractivity contribution < 1.29 is 4.74 Å². The molecule has 0 N–H and O–H groups in total. The molecule has 0 aromatic heterocycles. The van der Waals surface area contributed by atoms with Gasteiger partial charge in [0.1, 0.15) is 11.5 Å². The monoisotopic (exact) mass is 586 g/mol. The maximum atomic E-state index is 7.09. The van der Waals surface area contributed by atoms with Gasteiger partial charge in [0, 0.05) is 22.1 Å². The smallest absolute Gasteiger partial charge is 0.140 e. The summed E-state index contributed by atoms with van der Waals surface area (Å²) in [5, 5.41) is 0. The van der Waals surface area contributed by atoms with Gasteiger partial charge >= 0.3 is 0 Å². The maximum absolute atomic E-state index is 7.09. The van der Waals surface area contributed by atoms with Crippen LogP contribution in [-0.2, 0) is 10.8 Å². The minimum absolute atomic E-state index is 0.330. The van der Waals surface area contributed by atoms with Crippen molar-refractivity contribution in [2.24, 2.45) is 0 Å². The van der Waals surface area contributed by atoms with Crippen molar-refractivity contribution in [1.82, 2.24) is 0 Å². The van der Waals surface area contributed by atoms with Crippen molar-refractivity contribution in [3.8, 4) is 44.9 Å². The first-order chi connectivity index (χ1) is 22.7. The fraction of sp³-hybridized carbons (Fsp3) is 0.0667. The molecule has 1 nitrogen and oxygen atoms in total. The molecular formula is C45H30O. The summed E-state index contributed by atoms with van der Waals surface area (Å²) >= 11 is 0. The van der Waals surface area contributed by atoms with E-state index in [0.717, 1.165) is 17.1 Å². The van der Waals surface area contributed by atoms with Gasteiger partial charge < -0.3 is 4.74 Å². The molecule has 0 fully saturated rings. The lowest BCUT2D eigenvalue weighted by Crippen LogP contribution is -2.32. The third-order valence-corrected chi connectivity index (χ3v) is 10.8. The van der Waals surface area contributed by atoms with Crippen LogP contribution in [0.5, 0.6) is 11.5 Å². The van der Waals surface area contributed by atoms with Crippen molar-refractivity contribution in [2.45, 2.75) is 17.8 Å². The van der Waals surface area contributed by atoms with Gasteiger partial charge in [0.05, 0.1) is 5.41 Å². The second kappa shape index (κ2) is 9.19. The molecular weight excluding hydrogens is 556 g/mol. The number of ether oxygens (including phenoxy) is 1. The highest BCUT2D eigenvalue weighted by molar-refractivity contribution is 5.94. The first-order valence-corrected chi connectivity index (χ1v) is 16.1. The Balaban J connectivity index is 1.31. The molecule has 0 saturated heterocycles. The highest BCUT2D eigenvalue weighted by Crippen LogP contribution is 2.64. The van der Waals surface area contributed by atoms with Gasteiger partial charge in [0.25, 0.3) is 0 Å². The van der Waals surface area contributed by atoms with Crippen molar-refractivity contribution in [3.05, 3.63) is 203 Å². The number of hydrogen-bond acceptors (Lipinski definition) is 1. The molecule has 46 heavy (non-hydrogen) atoms. The zero-order chi connectivity index (χ0) is 30.5. The van der Waals surface area contributed by atoms with E-state index in [2.05, 4.69) is 171 Å². The van der Waals surface area contributed by atoms with E-state index in [9.17, 15) is 0 Å². The summed E-state index contributed by atoms with van der Waals surface area (Å²) in [6.07, 6.45) is 0. The molecule has 0 amide bonds. The van der Waals surface area contributed by atoms with E-state index in [1.54, 1.807) is 0 Å². The molecule has 1 aliphatic heterocycles. The Bertz CT molecular complexity index is 2320. The Morgan fingerprint density at radius 2 is 0.826 bits per heavy atom. The molecule has 7 aromatic rings. The Kier molecular flexibility index (Phi) is 5.12. The van der Waals surface area contributed by atoms with Crippen molar-refractivity contribution >= 4 is 0 Å². The molecule has 10 rings (SSSR count). The summed E-state index contributed by atoms with van der Waals surface area (Å²) in [7, 11) is 0. The van der Waals surface area contributed by atoms with Gasteiger partial charge in [0.15, 0.2) is 0 Å². The number of fused-ring (bicyclic) bond motifs is 12. The van der Waals surface area contributed by atoms with Gasteiger partial charge in [-0.2, -0.15) is 0 Å². The van der Waals surface area contributed by atoms with E-state index >= 15 is 0 Å². The van der Waals surface area contributed by atoms with Crippen molar-refractivity contribution in [2.75, 3.05) is 0 Å². The summed E-state index contributed by atoms with van der Waals surface area (Å²) < 4.78 is 7.09. The van der Waals surface area contributed by atoms with Crippen molar-refractivity contribution in [3.63, 3.8) is 0 Å². The quantitative estimate of drug-likeness (QED) is 0.196. The van der Waals surface area contributed by atoms with E-state index < -0.39 is 5.41 Å². The molecule has 2 aliphatic carbocycles. The van der Waals surface area contributed by atoms with Gasteiger partial charge in [-0.05, 0) is 68.6 Å². The van der Waals surface area contributed by atoms with Gasteiger partial charge in [-0.3, -0.25) is 0 Å². The predicted molar refractivity (Wildman–Crippen MR) is 187 cm³/mol. The predicted octanol–water partition coefficient (Wildman–Crippen LogP) is 11.2. The first kappa shape index (κ1) is 25.6. The van der Waals surface area contributed by atoms with Gasteiger partial charge in [-0.1, -0.05) is 158 Å². The van der Waals surface area contributed by atoms with Gasteiger partial charge in [-0.25, -0.2) is 0 Å². The number of hydrogen-bond donors (Lipinski definition) is 0. The molecule has 3 aliphatic rings. The first-order valence-electron chi connectivity index (χ1n) is 16.1. The molecule has 1 heteroatoms. The SMILES string of the molecule is CC1(c2ccccc2)c2ccccc2-c2cccc(-c3cccc4c3Oc3ccccc3C43c4ccccc4-c4ccccc43)c21. The van der Waals surface area contributed by atoms with Crippen LogP contribution < -0.4 is 4.74 Å². The third-order valence-electron chi connectivity index (χ3n) is 10.8. The van der Waals surface area contributed by atoms with Crippen molar-refractivity contribution in [1.29, 1.82) is 0 Å². The Hall–Kier alpha value is -5.66. The van der Waals surface area contributed by atoms with E-state index in [-0.39, 0.29) is 5.41 Å². The molecule has 0 bridgehead atoms. The standard InChI is InChI=1S/C45H30O/c1-44(29-15-3-2-4-16-29)36-23-8-5-19-32(36)33-20-13-21-34(42(33)44)35-22-14-27-40-43(35)46-41-28-12-11-26-39(41)45(40)37-24-9-6-17-30(37)31-18-7-10-25-38(31)45/h2-28H,1H3. The Labute approximate surface area is 269 Å². The van der Waals surface area contributed by atoms with Gasteiger partial charge in [-0.15, -0.1) is 0 Å². The average molecular weight is 587 g/mol. The van der Waals surface area contributed by atoms with E-state index in [4.69, 9.17) is 4.74 Å². The lowest BCUT2D eigenvalue weighted by atomic mass is 9.65. The van der Waals surface area contributed by atoms with Crippen LogP contribution in [0.3, 0.4) is 0 Å². The van der Waals surface area contributed by atoms with Crippen LogP contribution in [0.4, 0.5) is 0 Å². The van der Waals surface area contributed by atoms with Crippen LogP contribution in [0.25, 0.3) is 33.4 Å². The molecule has 7 aromatic carbocycles. The molecule has 1 spiro atoms. The zero-order valence-corrected chi connectivity index (χ0v) is 25.5. The fourth-order valence-electron chi connectivity index (χ4n) is 8.99. The molecule has 0 radical (unpaired) electrons. The Morgan fingerprint density at radius 3 is 1.52 bits per heavy atom. The highest BCUT2D eigenvalue weighted by Gasteiger charge is 2.52. The van der Waals surface area contributed by atoms with E-state index in [1.165, 1.54) is 66.8 Å². The van der Waals surface area contributed by atoms with Crippen LogP contribution in [-0.4, -0.2) is 0 Å². The van der Waals surface area contributed by atoms with Crippen LogP contribution in [0, 0.1) is 0 Å². The largest absolute Gasteiger partial charge is 0.456 e. The zero-order valence-electron chi connectivity index (χ0n) is 25.5. The van der Waals surface area contributed by atoms with Crippen LogP contribution in [0.1, 0.15) is 45.9 Å². The molecule has 1 atom stereocenters. The number of rotatable bonds is 2. The molecule has 216 valence electrons. The average Bonchev–Trinajstić information content (AvgIpc) is 3.57. The lowest BCUT2D eigenvalue weighted by Gasteiger charge is -2.40. The topological polar surface area (TPSA) is 9.23 Å². The second-order valence-corrected chi connectivity index (χ2v) is 12.9. The normalized spacial score (nSPS) is 17.2. The summed E-state index contributed by atoms with van der Waals surface area (Å²) in [5.74, 6) is 1.85. The summed E-state index contributed by atoms with van der Waals surface area (Å²) in [6.45, 7) is 2.40. The van der Waals surface area contributed by atoms with Crippen LogP contribution in [0.15, 0.2) is 164 Å². The maximum Gasteiger partial charge on any atom is 0.140 e. The number of para-hydroxylation sites is 2. The minimum Gasteiger partial charge on any atom is -0.456 e. The summed E-state index contributed by atoms with van der Waals surface area (Å²) in [4.78, 5) is 0. The van der Waals surface area contributed by atoms with E-state index in [1.807, 2.05) is 0 Å². The Morgan fingerprint density at radius 1 is 0.370 bits per heavy atom. The third kappa shape index (κ3) is 3.05. The number of benzene rings is 7. The fourth-order valence-corrected chi connectivity index (χ4v) is 8.99. The minimum atomic E-state index is -0.489. The molecule has 0 saturated carbocycles. The summed E-state index contributed by atoms with van der Waals surface area (Å²) in [6, 6.07) is 60.0. The van der Waals surface area contributed by atoms with Crippen LogP contribution in [0.2, 0.25) is 0 Å². The second-order valence-electron chi connectivity index (χ2n) is 12.9. The molecule has 1 unspecified atom stereocenters. The lowest BCUT2D eigenvalue weighted by molar-refractivity contribution is 0.438.